The van der Waals surface area contributed by atoms with Gasteiger partial charge in [-0.05, 0) is 39.8 Å². The fraction of sp³-hybridized carbons (Fsp3) is 0.529. The lowest BCUT2D eigenvalue weighted by molar-refractivity contribution is -0.153. The second kappa shape index (κ2) is 9.10. The number of carbonyl (C=O) groups is 1. The molecule has 0 aromatic heterocycles. The molecule has 0 aliphatic heterocycles. The van der Waals surface area contributed by atoms with E-state index in [0.717, 1.165) is 0 Å². The summed E-state index contributed by atoms with van der Waals surface area (Å²) in [5.74, 6) is -0.147. The van der Waals surface area contributed by atoms with E-state index in [1.807, 2.05) is 0 Å². The molecule has 1 aromatic carbocycles. The molecule has 2 N–H and O–H groups in total. The Labute approximate surface area is 142 Å². The predicted molar refractivity (Wildman–Crippen MR) is 91.7 cm³/mol. The van der Waals surface area contributed by atoms with E-state index in [-0.39, 0.29) is 24.4 Å². The molecular weight excluding hydrogens is 313 g/mol. The quantitative estimate of drug-likeness (QED) is 0.472. The molecule has 0 amide bonds. The molecule has 0 radical (unpaired) electrons. The minimum atomic E-state index is -0.530. The number of halogens is 1. The van der Waals surface area contributed by atoms with Crippen molar-refractivity contribution in [1.29, 1.82) is 0 Å². The fourth-order valence-electron chi connectivity index (χ4n) is 1.79. The van der Waals surface area contributed by atoms with Crippen LogP contribution in [0.2, 0.25) is 0 Å². The number of aliphatic imine (C=N–C) groups is 1. The molecule has 0 spiro atoms. The molecule has 0 aliphatic rings. The molecule has 0 aliphatic carbocycles. The molecule has 0 fully saturated rings. The summed E-state index contributed by atoms with van der Waals surface area (Å²) in [5.41, 5.74) is -0.530. The smallest absolute Gasteiger partial charge is 0.325 e. The van der Waals surface area contributed by atoms with Crippen LogP contribution >= 0.6 is 0 Å². The van der Waals surface area contributed by atoms with E-state index in [4.69, 9.17) is 9.47 Å². The van der Waals surface area contributed by atoms with Crippen LogP contribution in [0, 0.1) is 5.82 Å². The first-order valence-electron chi connectivity index (χ1n) is 7.79. The van der Waals surface area contributed by atoms with Gasteiger partial charge >= 0.3 is 5.97 Å². The Hall–Kier alpha value is -2.31. The Morgan fingerprint density at radius 2 is 1.96 bits per heavy atom. The van der Waals surface area contributed by atoms with Crippen LogP contribution < -0.4 is 15.4 Å². The first-order chi connectivity index (χ1) is 11.2. The molecule has 1 rings (SSSR count). The van der Waals surface area contributed by atoms with Gasteiger partial charge in [0.05, 0.1) is 6.54 Å². The van der Waals surface area contributed by atoms with Gasteiger partial charge in [-0.25, -0.2) is 4.39 Å². The molecule has 6 nitrogen and oxygen atoms in total. The highest BCUT2D eigenvalue weighted by molar-refractivity contribution is 5.84. The van der Waals surface area contributed by atoms with Gasteiger partial charge in [-0.3, -0.25) is 9.79 Å². The first-order valence-corrected chi connectivity index (χ1v) is 7.79. The summed E-state index contributed by atoms with van der Waals surface area (Å²) in [7, 11) is 1.59. The number of carbonyl (C=O) groups excluding carboxylic acids is 1. The van der Waals surface area contributed by atoms with E-state index in [1.54, 1.807) is 52.9 Å². The number of esters is 1. The van der Waals surface area contributed by atoms with Gasteiger partial charge < -0.3 is 20.1 Å². The Balaban J connectivity index is 2.38. The number of hydrogen-bond donors (Lipinski definition) is 2. The lowest BCUT2D eigenvalue weighted by Crippen LogP contribution is -2.44. The predicted octanol–water partition coefficient (Wildman–Crippen LogP) is 2.10. The van der Waals surface area contributed by atoms with Crippen molar-refractivity contribution in [2.24, 2.45) is 4.99 Å². The summed E-state index contributed by atoms with van der Waals surface area (Å²) >= 11 is 0. The third kappa shape index (κ3) is 7.80. The van der Waals surface area contributed by atoms with Crippen molar-refractivity contribution >= 4 is 11.9 Å². The molecule has 0 bridgehead atoms. The molecule has 134 valence electrons. The second-order valence-corrected chi connectivity index (χ2v) is 6.25. The third-order valence-electron chi connectivity index (χ3n) is 2.77. The molecule has 7 heteroatoms. The number of hydrogen-bond acceptors (Lipinski definition) is 4. The minimum Gasteiger partial charge on any atom is -0.486 e. The lowest BCUT2D eigenvalue weighted by Gasteiger charge is -2.21. The maximum absolute atomic E-state index is 13.5. The van der Waals surface area contributed by atoms with Crippen LogP contribution in [0.4, 0.5) is 4.39 Å². The van der Waals surface area contributed by atoms with Crippen molar-refractivity contribution in [3.8, 4) is 5.75 Å². The van der Waals surface area contributed by atoms with Crippen LogP contribution in [0.1, 0.15) is 27.7 Å². The van der Waals surface area contributed by atoms with Crippen molar-refractivity contribution in [3.05, 3.63) is 30.1 Å². The molecule has 1 atom stereocenters. The molecular formula is C17H26FN3O3. The van der Waals surface area contributed by atoms with E-state index in [1.165, 1.54) is 6.07 Å². The first kappa shape index (κ1) is 19.7. The largest absolute Gasteiger partial charge is 0.486 e. The number of nitrogens with one attached hydrogen (secondary N) is 2. The molecule has 0 saturated heterocycles. The number of rotatable bonds is 6. The monoisotopic (exact) mass is 339 g/mol. The SMILES string of the molecule is CN=C(NCC(=O)OC(C)(C)C)NCC(C)Oc1ccccc1F. The number of benzene rings is 1. The van der Waals surface area contributed by atoms with Crippen LogP contribution in [-0.2, 0) is 9.53 Å². The van der Waals surface area contributed by atoms with Crippen molar-refractivity contribution < 1.29 is 18.7 Å². The molecule has 24 heavy (non-hydrogen) atoms. The van der Waals surface area contributed by atoms with E-state index in [9.17, 15) is 9.18 Å². The Bertz CT molecular complexity index is 570. The molecule has 0 heterocycles. The summed E-state index contributed by atoms with van der Waals surface area (Å²) in [6.07, 6.45) is -0.290. The number of guanidine groups is 1. The highest BCUT2D eigenvalue weighted by Crippen LogP contribution is 2.16. The second-order valence-electron chi connectivity index (χ2n) is 6.25. The van der Waals surface area contributed by atoms with E-state index < -0.39 is 11.4 Å². The number of nitrogens with zero attached hydrogens (tertiary/aromatic N) is 1. The Kier molecular flexibility index (Phi) is 7.48. The average molecular weight is 339 g/mol. The van der Waals surface area contributed by atoms with Crippen LogP contribution in [0.25, 0.3) is 0 Å². The summed E-state index contributed by atoms with van der Waals surface area (Å²) in [6.45, 7) is 7.61. The summed E-state index contributed by atoms with van der Waals surface area (Å²) in [5, 5.41) is 5.87. The standard InChI is InChI=1S/C17H26FN3O3/c1-12(23-14-9-7-6-8-13(14)18)10-20-16(19-5)21-11-15(22)24-17(2,3)4/h6-9,12H,10-11H2,1-5H3,(H2,19,20,21). The van der Waals surface area contributed by atoms with Gasteiger partial charge in [0.15, 0.2) is 17.5 Å². The summed E-state index contributed by atoms with van der Waals surface area (Å²) < 4.78 is 24.2. The fourth-order valence-corrected chi connectivity index (χ4v) is 1.79. The van der Waals surface area contributed by atoms with Gasteiger partial charge in [0.25, 0.3) is 0 Å². The van der Waals surface area contributed by atoms with Crippen molar-refractivity contribution in [1.82, 2.24) is 10.6 Å². The van der Waals surface area contributed by atoms with Gasteiger partial charge in [-0.1, -0.05) is 12.1 Å². The van der Waals surface area contributed by atoms with E-state index in [0.29, 0.717) is 12.5 Å². The normalized spacial score (nSPS) is 13.2. The average Bonchev–Trinajstić information content (AvgIpc) is 2.48. The zero-order valence-electron chi connectivity index (χ0n) is 14.9. The molecule has 0 saturated carbocycles. The highest BCUT2D eigenvalue weighted by atomic mass is 19.1. The van der Waals surface area contributed by atoms with Crippen molar-refractivity contribution in [3.63, 3.8) is 0 Å². The zero-order valence-corrected chi connectivity index (χ0v) is 14.9. The van der Waals surface area contributed by atoms with Crippen LogP contribution in [0.5, 0.6) is 5.75 Å². The van der Waals surface area contributed by atoms with Gasteiger partial charge in [-0.2, -0.15) is 0 Å². The van der Waals surface area contributed by atoms with Crippen molar-refractivity contribution in [2.45, 2.75) is 39.4 Å². The van der Waals surface area contributed by atoms with Crippen molar-refractivity contribution in [2.75, 3.05) is 20.1 Å². The molecule has 1 aromatic rings. The zero-order chi connectivity index (χ0) is 18.2. The van der Waals surface area contributed by atoms with Gasteiger partial charge in [0.1, 0.15) is 18.2 Å². The van der Waals surface area contributed by atoms with Crippen LogP contribution in [0.15, 0.2) is 29.3 Å². The van der Waals surface area contributed by atoms with Gasteiger partial charge in [-0.15, -0.1) is 0 Å². The minimum absolute atomic E-state index is 0.000501. The topological polar surface area (TPSA) is 72.0 Å². The van der Waals surface area contributed by atoms with E-state index >= 15 is 0 Å². The lowest BCUT2D eigenvalue weighted by atomic mass is 10.2. The third-order valence-corrected chi connectivity index (χ3v) is 2.77. The maximum atomic E-state index is 13.5. The number of para-hydroxylation sites is 1. The highest BCUT2D eigenvalue weighted by Gasteiger charge is 2.16. The summed E-state index contributed by atoms with van der Waals surface area (Å²) in [6, 6.07) is 6.23. The van der Waals surface area contributed by atoms with Gasteiger partial charge in [0.2, 0.25) is 0 Å². The summed E-state index contributed by atoms with van der Waals surface area (Å²) in [4.78, 5) is 15.7. The van der Waals surface area contributed by atoms with E-state index in [2.05, 4.69) is 15.6 Å². The van der Waals surface area contributed by atoms with Crippen LogP contribution in [0.3, 0.4) is 0 Å². The maximum Gasteiger partial charge on any atom is 0.325 e. The van der Waals surface area contributed by atoms with Gasteiger partial charge in [0, 0.05) is 7.05 Å². The van der Waals surface area contributed by atoms with Crippen LogP contribution in [-0.4, -0.2) is 43.8 Å². The molecule has 1 unspecified atom stereocenters. The Morgan fingerprint density at radius 1 is 1.29 bits per heavy atom. The Morgan fingerprint density at radius 3 is 2.54 bits per heavy atom. The number of ether oxygens (including phenoxy) is 2.